The Hall–Kier alpha value is -1.64. The molecule has 0 bridgehead atoms. The molecule has 0 saturated carbocycles. The van der Waals surface area contributed by atoms with Gasteiger partial charge in [0, 0.05) is 19.7 Å². The van der Waals surface area contributed by atoms with Gasteiger partial charge in [-0.15, -0.1) is 0 Å². The minimum absolute atomic E-state index is 0.169. The Morgan fingerprint density at radius 1 is 1.19 bits per heavy atom. The third kappa shape index (κ3) is 4.19. The average molecular weight is 382 g/mol. The summed E-state index contributed by atoms with van der Waals surface area (Å²) in [5.74, 6) is 0.149. The molecule has 3 rings (SSSR count). The number of sulfonamides is 1. The van der Waals surface area contributed by atoms with Crippen LogP contribution in [0.5, 0.6) is 5.75 Å². The number of nitrogens with one attached hydrogen (secondary N) is 1. The molecule has 8 heteroatoms. The van der Waals surface area contributed by atoms with Crippen molar-refractivity contribution in [3.63, 3.8) is 0 Å². The number of carbonyl (C=O) groups is 1. The first-order valence-corrected chi connectivity index (χ1v) is 10.6. The van der Waals surface area contributed by atoms with Crippen LogP contribution in [-0.2, 0) is 19.6 Å². The number of nitrogens with zero attached hydrogens (tertiary/aromatic N) is 1. The standard InChI is InChI=1S/C18H26N2O5S/c1-24-16-9-8-14(26(22,23)20-10-4-2-3-5-11-20)13-15(16)19-18(21)17-7-6-12-25-17/h8-9,13,17H,2-7,10-12H2,1H3,(H,19,21)/t17-/m0/s1. The van der Waals surface area contributed by atoms with Gasteiger partial charge in [0.25, 0.3) is 5.91 Å². The van der Waals surface area contributed by atoms with Crippen LogP contribution in [0, 0.1) is 0 Å². The van der Waals surface area contributed by atoms with Crippen LogP contribution in [0.1, 0.15) is 38.5 Å². The van der Waals surface area contributed by atoms with E-state index in [1.807, 2.05) is 0 Å². The van der Waals surface area contributed by atoms with Crippen LogP contribution in [0.4, 0.5) is 5.69 Å². The molecule has 1 aromatic carbocycles. The van der Waals surface area contributed by atoms with E-state index < -0.39 is 16.1 Å². The highest BCUT2D eigenvalue weighted by Crippen LogP contribution is 2.30. The molecule has 0 aliphatic carbocycles. The molecule has 144 valence electrons. The molecule has 2 aliphatic rings. The molecule has 7 nitrogen and oxygen atoms in total. The monoisotopic (exact) mass is 382 g/mol. The maximum absolute atomic E-state index is 13.0. The summed E-state index contributed by atoms with van der Waals surface area (Å²) in [6, 6.07) is 4.59. The zero-order valence-corrected chi connectivity index (χ0v) is 15.9. The van der Waals surface area contributed by atoms with Crippen LogP contribution < -0.4 is 10.1 Å². The van der Waals surface area contributed by atoms with Crippen molar-refractivity contribution in [3.05, 3.63) is 18.2 Å². The Balaban J connectivity index is 1.84. The fourth-order valence-corrected chi connectivity index (χ4v) is 4.92. The van der Waals surface area contributed by atoms with Gasteiger partial charge in [0.05, 0.1) is 17.7 Å². The van der Waals surface area contributed by atoms with Crippen LogP contribution >= 0.6 is 0 Å². The zero-order chi connectivity index (χ0) is 18.6. The predicted octanol–water partition coefficient (Wildman–Crippen LogP) is 2.38. The first-order chi connectivity index (χ1) is 12.5. The highest BCUT2D eigenvalue weighted by Gasteiger charge is 2.28. The third-order valence-electron chi connectivity index (χ3n) is 4.85. The van der Waals surface area contributed by atoms with Crippen LogP contribution in [0.3, 0.4) is 0 Å². The molecule has 0 radical (unpaired) electrons. The largest absolute Gasteiger partial charge is 0.495 e. The molecule has 0 spiro atoms. The fourth-order valence-electron chi connectivity index (χ4n) is 3.37. The van der Waals surface area contributed by atoms with Crippen LogP contribution in [0.2, 0.25) is 0 Å². The van der Waals surface area contributed by atoms with Crippen molar-refractivity contribution < 1.29 is 22.7 Å². The van der Waals surface area contributed by atoms with Crippen molar-refractivity contribution >= 4 is 21.6 Å². The van der Waals surface area contributed by atoms with E-state index in [1.54, 1.807) is 6.07 Å². The van der Waals surface area contributed by atoms with Gasteiger partial charge in [-0.2, -0.15) is 4.31 Å². The molecule has 1 amide bonds. The normalized spacial score (nSPS) is 22.0. The fraction of sp³-hybridized carbons (Fsp3) is 0.611. The number of benzene rings is 1. The quantitative estimate of drug-likeness (QED) is 0.845. The molecule has 1 N–H and O–H groups in total. The van der Waals surface area contributed by atoms with E-state index in [9.17, 15) is 13.2 Å². The Kier molecular flexibility index (Phi) is 6.16. The lowest BCUT2D eigenvalue weighted by Crippen LogP contribution is -2.32. The van der Waals surface area contributed by atoms with Gasteiger partial charge in [0.2, 0.25) is 10.0 Å². The second-order valence-corrected chi connectivity index (χ2v) is 8.61. The van der Waals surface area contributed by atoms with E-state index in [4.69, 9.17) is 9.47 Å². The van der Waals surface area contributed by atoms with Gasteiger partial charge < -0.3 is 14.8 Å². The molecule has 1 atom stereocenters. The van der Waals surface area contributed by atoms with Crippen molar-refractivity contribution in [3.8, 4) is 5.75 Å². The Morgan fingerprint density at radius 2 is 1.92 bits per heavy atom. The number of hydrogen-bond acceptors (Lipinski definition) is 5. The second-order valence-electron chi connectivity index (χ2n) is 6.67. The third-order valence-corrected chi connectivity index (χ3v) is 6.75. The molecule has 1 aromatic rings. The molecule has 2 fully saturated rings. The topological polar surface area (TPSA) is 84.9 Å². The van der Waals surface area contributed by atoms with Gasteiger partial charge in [0.1, 0.15) is 11.9 Å². The van der Waals surface area contributed by atoms with E-state index >= 15 is 0 Å². The van der Waals surface area contributed by atoms with E-state index in [0.717, 1.165) is 32.1 Å². The zero-order valence-electron chi connectivity index (χ0n) is 15.1. The molecule has 2 heterocycles. The summed E-state index contributed by atoms with van der Waals surface area (Å²) in [7, 11) is -2.11. The SMILES string of the molecule is COc1ccc(S(=O)(=O)N2CCCCCC2)cc1NC(=O)[C@@H]1CCCO1. The van der Waals surface area contributed by atoms with Gasteiger partial charge >= 0.3 is 0 Å². The van der Waals surface area contributed by atoms with Crippen molar-refractivity contribution in [2.45, 2.75) is 49.5 Å². The van der Waals surface area contributed by atoms with Crippen LogP contribution in [0.15, 0.2) is 23.1 Å². The number of hydrogen-bond donors (Lipinski definition) is 1. The summed E-state index contributed by atoms with van der Waals surface area (Å²) in [4.78, 5) is 12.5. The lowest BCUT2D eigenvalue weighted by Gasteiger charge is -2.21. The highest BCUT2D eigenvalue weighted by molar-refractivity contribution is 7.89. The maximum atomic E-state index is 13.0. The van der Waals surface area contributed by atoms with E-state index in [-0.39, 0.29) is 10.8 Å². The summed E-state index contributed by atoms with van der Waals surface area (Å²) in [6.45, 7) is 1.64. The number of methoxy groups -OCH3 is 1. The summed E-state index contributed by atoms with van der Waals surface area (Å²) in [5, 5.41) is 2.76. The number of anilines is 1. The molecule has 0 unspecified atom stereocenters. The average Bonchev–Trinajstić information content (AvgIpc) is 3.03. The van der Waals surface area contributed by atoms with E-state index in [0.29, 0.717) is 37.6 Å². The Labute approximate surface area is 154 Å². The molecular weight excluding hydrogens is 356 g/mol. The van der Waals surface area contributed by atoms with Gasteiger partial charge in [-0.3, -0.25) is 4.79 Å². The second kappa shape index (κ2) is 8.37. The van der Waals surface area contributed by atoms with Gasteiger partial charge in [-0.05, 0) is 43.9 Å². The van der Waals surface area contributed by atoms with Crippen molar-refractivity contribution in [1.82, 2.24) is 4.31 Å². The highest BCUT2D eigenvalue weighted by atomic mass is 32.2. The number of rotatable bonds is 5. The minimum atomic E-state index is -3.59. The maximum Gasteiger partial charge on any atom is 0.253 e. The van der Waals surface area contributed by atoms with Gasteiger partial charge in [0.15, 0.2) is 0 Å². The van der Waals surface area contributed by atoms with Crippen molar-refractivity contribution in [2.24, 2.45) is 0 Å². The number of ether oxygens (including phenoxy) is 2. The molecule has 2 aliphatic heterocycles. The van der Waals surface area contributed by atoms with Crippen LogP contribution in [-0.4, -0.2) is 51.5 Å². The molecule has 0 aromatic heterocycles. The molecule has 2 saturated heterocycles. The van der Waals surface area contributed by atoms with Crippen LogP contribution in [0.25, 0.3) is 0 Å². The predicted molar refractivity (Wildman–Crippen MR) is 97.8 cm³/mol. The molecular formula is C18H26N2O5S. The first kappa shape index (κ1) is 19.1. The Morgan fingerprint density at radius 3 is 2.54 bits per heavy atom. The number of amides is 1. The lowest BCUT2D eigenvalue weighted by molar-refractivity contribution is -0.124. The summed E-state index contributed by atoms with van der Waals surface area (Å²) >= 11 is 0. The number of carbonyl (C=O) groups excluding carboxylic acids is 1. The van der Waals surface area contributed by atoms with E-state index in [2.05, 4.69) is 5.32 Å². The first-order valence-electron chi connectivity index (χ1n) is 9.13. The molecule has 26 heavy (non-hydrogen) atoms. The van der Waals surface area contributed by atoms with Crippen molar-refractivity contribution in [2.75, 3.05) is 32.1 Å². The summed E-state index contributed by atoms with van der Waals surface area (Å²) < 4.78 is 38.2. The minimum Gasteiger partial charge on any atom is -0.495 e. The van der Waals surface area contributed by atoms with Gasteiger partial charge in [-0.1, -0.05) is 12.8 Å². The smallest absolute Gasteiger partial charge is 0.253 e. The Bertz CT molecular complexity index is 736. The van der Waals surface area contributed by atoms with E-state index in [1.165, 1.54) is 23.5 Å². The summed E-state index contributed by atoms with van der Waals surface area (Å²) in [6.07, 6.45) is 4.87. The summed E-state index contributed by atoms with van der Waals surface area (Å²) in [5.41, 5.74) is 0.351. The van der Waals surface area contributed by atoms with Gasteiger partial charge in [-0.25, -0.2) is 8.42 Å². The van der Waals surface area contributed by atoms with Crippen molar-refractivity contribution in [1.29, 1.82) is 0 Å². The lowest BCUT2D eigenvalue weighted by atomic mass is 10.2.